The zero-order valence-electron chi connectivity index (χ0n) is 13.7. The van der Waals surface area contributed by atoms with Crippen LogP contribution in [0.25, 0.3) is 11.0 Å². The summed E-state index contributed by atoms with van der Waals surface area (Å²) in [5.41, 5.74) is 3.00. The minimum absolute atomic E-state index is 0.0549. The highest BCUT2D eigenvalue weighted by molar-refractivity contribution is 5.95. The maximum atomic E-state index is 12.5. The minimum atomic E-state index is -0.256. The fourth-order valence-corrected chi connectivity index (χ4v) is 2.66. The number of amides is 1. The van der Waals surface area contributed by atoms with Crippen LogP contribution >= 0.6 is 0 Å². The van der Waals surface area contributed by atoms with Crippen LogP contribution in [0, 0.1) is 0 Å². The molecular weight excluding hydrogens is 304 g/mol. The van der Waals surface area contributed by atoms with Gasteiger partial charge in [0.25, 0.3) is 5.91 Å². The lowest BCUT2D eigenvalue weighted by Crippen LogP contribution is -3.12. The third-order valence-electron chi connectivity index (χ3n) is 4.24. The van der Waals surface area contributed by atoms with Crippen LogP contribution in [0.2, 0.25) is 0 Å². The average molecular weight is 325 g/mol. The Balaban J connectivity index is 1.67. The van der Waals surface area contributed by atoms with Crippen LogP contribution in [0.1, 0.15) is 12.5 Å². The molecule has 0 spiro atoms. The van der Waals surface area contributed by atoms with E-state index < -0.39 is 0 Å². The Morgan fingerprint density at radius 2 is 1.83 bits per heavy atom. The molecule has 4 N–H and O–H groups in total. The molecule has 2 aromatic carbocycles. The van der Waals surface area contributed by atoms with Crippen molar-refractivity contribution in [2.75, 3.05) is 12.4 Å². The summed E-state index contributed by atoms with van der Waals surface area (Å²) in [5.74, 6) is -0.0549. The number of aromatic amines is 2. The van der Waals surface area contributed by atoms with Gasteiger partial charge in [-0.2, -0.15) is 0 Å². The lowest BCUT2D eigenvalue weighted by molar-refractivity contribution is -0.907. The summed E-state index contributed by atoms with van der Waals surface area (Å²) in [6.45, 7) is 2.68. The second-order valence-corrected chi connectivity index (χ2v) is 6.06. The summed E-state index contributed by atoms with van der Waals surface area (Å²) in [5, 5.41) is 2.91. The summed E-state index contributed by atoms with van der Waals surface area (Å²) in [6, 6.07) is 15.2. The van der Waals surface area contributed by atoms with Gasteiger partial charge in [-0.05, 0) is 25.1 Å². The van der Waals surface area contributed by atoms with E-state index in [0.717, 1.165) is 17.0 Å². The normalized spacial score (nSPS) is 13.6. The fraction of sp³-hybridized carbons (Fsp3) is 0.222. The Labute approximate surface area is 139 Å². The van der Waals surface area contributed by atoms with E-state index in [1.807, 2.05) is 32.2 Å². The molecule has 1 amide bonds. The van der Waals surface area contributed by atoms with Crippen LogP contribution in [0.3, 0.4) is 0 Å². The lowest BCUT2D eigenvalue weighted by Gasteiger charge is -2.21. The van der Waals surface area contributed by atoms with Crippen molar-refractivity contribution in [3.8, 4) is 0 Å². The first kappa shape index (κ1) is 16.0. The zero-order chi connectivity index (χ0) is 17.1. The molecule has 3 aromatic rings. The Hall–Kier alpha value is -2.86. The number of H-pyrrole nitrogens is 2. The largest absolute Gasteiger partial charge is 0.324 e. The van der Waals surface area contributed by atoms with Crippen molar-refractivity contribution < 1.29 is 9.69 Å². The summed E-state index contributed by atoms with van der Waals surface area (Å²) >= 11 is 0. The average Bonchev–Trinajstić information content (AvgIpc) is 2.94. The van der Waals surface area contributed by atoms with E-state index in [9.17, 15) is 9.59 Å². The molecule has 1 aromatic heterocycles. The molecule has 0 fully saturated rings. The van der Waals surface area contributed by atoms with Gasteiger partial charge >= 0.3 is 5.69 Å². The standard InChI is InChI=1S/C18H20N4O2/c1-12(22(2)11-13-6-4-3-5-7-13)17(23)19-14-8-9-15-16(10-14)21-18(24)20-15/h3-10,12H,11H2,1-2H3,(H,19,23)(H2,20,21,24)/p+1/t12-/m1/s1. The first-order valence-corrected chi connectivity index (χ1v) is 7.92. The molecule has 1 unspecified atom stereocenters. The highest BCUT2D eigenvalue weighted by Gasteiger charge is 2.22. The van der Waals surface area contributed by atoms with Crippen LogP contribution in [0.4, 0.5) is 5.69 Å². The summed E-state index contributed by atoms with van der Waals surface area (Å²) < 4.78 is 0. The van der Waals surface area contributed by atoms with Crippen molar-refractivity contribution in [2.45, 2.75) is 19.5 Å². The summed E-state index contributed by atoms with van der Waals surface area (Å²) in [7, 11) is 2.00. The molecule has 0 saturated carbocycles. The van der Waals surface area contributed by atoms with Crippen LogP contribution in [-0.2, 0) is 11.3 Å². The predicted molar refractivity (Wildman–Crippen MR) is 94.0 cm³/mol. The smallest absolute Gasteiger partial charge is 0.323 e. The molecule has 0 aliphatic carbocycles. The van der Waals surface area contributed by atoms with Crippen molar-refractivity contribution in [2.24, 2.45) is 0 Å². The molecule has 124 valence electrons. The van der Waals surface area contributed by atoms with E-state index in [0.29, 0.717) is 11.2 Å². The van der Waals surface area contributed by atoms with Crippen molar-refractivity contribution in [1.29, 1.82) is 0 Å². The maximum absolute atomic E-state index is 12.5. The van der Waals surface area contributed by atoms with E-state index in [2.05, 4.69) is 27.4 Å². The number of nitrogens with one attached hydrogen (secondary N) is 4. The van der Waals surface area contributed by atoms with E-state index in [1.165, 1.54) is 5.56 Å². The number of hydrogen-bond donors (Lipinski definition) is 4. The van der Waals surface area contributed by atoms with E-state index in [1.54, 1.807) is 18.2 Å². The number of aromatic nitrogens is 2. The van der Waals surface area contributed by atoms with Gasteiger partial charge in [0, 0.05) is 11.3 Å². The molecule has 6 heteroatoms. The molecule has 2 atom stereocenters. The zero-order valence-corrected chi connectivity index (χ0v) is 13.7. The first-order valence-electron chi connectivity index (χ1n) is 7.92. The number of fused-ring (bicyclic) bond motifs is 1. The van der Waals surface area contributed by atoms with Gasteiger partial charge in [-0.25, -0.2) is 4.79 Å². The number of likely N-dealkylation sites (N-methyl/N-ethyl adjacent to an activating group) is 1. The van der Waals surface area contributed by atoms with Crippen LogP contribution in [0.5, 0.6) is 0 Å². The molecule has 0 aliphatic rings. The molecule has 0 saturated heterocycles. The van der Waals surface area contributed by atoms with Crippen molar-refractivity contribution in [3.63, 3.8) is 0 Å². The summed E-state index contributed by atoms with van der Waals surface area (Å²) in [6.07, 6.45) is 0. The van der Waals surface area contributed by atoms with E-state index >= 15 is 0 Å². The number of quaternary nitrogens is 1. The van der Waals surface area contributed by atoms with Gasteiger partial charge in [-0.15, -0.1) is 0 Å². The Morgan fingerprint density at radius 1 is 1.12 bits per heavy atom. The quantitative estimate of drug-likeness (QED) is 0.562. The van der Waals surface area contributed by atoms with Crippen LogP contribution < -0.4 is 15.9 Å². The number of hydrogen-bond acceptors (Lipinski definition) is 2. The number of carbonyl (C=O) groups excluding carboxylic acids is 1. The maximum Gasteiger partial charge on any atom is 0.323 e. The third kappa shape index (κ3) is 3.55. The fourth-order valence-electron chi connectivity index (χ4n) is 2.66. The number of rotatable bonds is 5. The van der Waals surface area contributed by atoms with E-state index in [-0.39, 0.29) is 17.6 Å². The molecule has 6 nitrogen and oxygen atoms in total. The van der Waals surface area contributed by atoms with Crippen LogP contribution in [0.15, 0.2) is 53.3 Å². The van der Waals surface area contributed by atoms with Gasteiger partial charge in [0.2, 0.25) is 0 Å². The van der Waals surface area contributed by atoms with Crippen molar-refractivity contribution >= 4 is 22.6 Å². The minimum Gasteiger partial charge on any atom is -0.324 e. The number of anilines is 1. The monoisotopic (exact) mass is 325 g/mol. The SMILES string of the molecule is C[C@H](C(=O)Nc1ccc2[nH]c(=O)[nH]c2c1)[NH+](C)Cc1ccccc1. The highest BCUT2D eigenvalue weighted by atomic mass is 16.2. The molecule has 0 aliphatic heterocycles. The molecule has 0 radical (unpaired) electrons. The third-order valence-corrected chi connectivity index (χ3v) is 4.24. The second kappa shape index (κ2) is 6.72. The molecular formula is C18H21N4O2+. The van der Waals surface area contributed by atoms with Gasteiger partial charge < -0.3 is 20.2 Å². The van der Waals surface area contributed by atoms with Crippen LogP contribution in [-0.4, -0.2) is 29.0 Å². The molecule has 0 bridgehead atoms. The van der Waals surface area contributed by atoms with Crippen molar-refractivity contribution in [3.05, 3.63) is 64.6 Å². The first-order chi connectivity index (χ1) is 11.5. The predicted octanol–water partition coefficient (Wildman–Crippen LogP) is 0.898. The molecule has 3 rings (SSSR count). The Kier molecular flexibility index (Phi) is 4.48. The summed E-state index contributed by atoms with van der Waals surface area (Å²) in [4.78, 5) is 30.2. The van der Waals surface area contributed by atoms with Gasteiger partial charge in [0.1, 0.15) is 6.54 Å². The van der Waals surface area contributed by atoms with Gasteiger partial charge in [-0.1, -0.05) is 30.3 Å². The molecule has 1 heterocycles. The van der Waals surface area contributed by atoms with Crippen molar-refractivity contribution in [1.82, 2.24) is 9.97 Å². The highest BCUT2D eigenvalue weighted by Crippen LogP contribution is 2.14. The topological polar surface area (TPSA) is 82.2 Å². The lowest BCUT2D eigenvalue weighted by atomic mass is 10.2. The van der Waals surface area contributed by atoms with E-state index in [4.69, 9.17) is 0 Å². The van der Waals surface area contributed by atoms with Gasteiger partial charge in [-0.3, -0.25) is 4.79 Å². The Morgan fingerprint density at radius 3 is 2.58 bits per heavy atom. The number of imidazole rings is 1. The number of carbonyl (C=O) groups is 1. The Bertz CT molecular complexity index is 898. The van der Waals surface area contributed by atoms with Gasteiger partial charge in [0.15, 0.2) is 6.04 Å². The second-order valence-electron chi connectivity index (χ2n) is 6.06. The van der Waals surface area contributed by atoms with Gasteiger partial charge in [0.05, 0.1) is 18.1 Å². The molecule has 24 heavy (non-hydrogen) atoms. The number of benzene rings is 2.